The molecule has 0 atom stereocenters. The van der Waals surface area contributed by atoms with E-state index in [1.54, 1.807) is 6.92 Å². The Bertz CT molecular complexity index is 329. The first-order valence-corrected chi connectivity index (χ1v) is 6.23. The van der Waals surface area contributed by atoms with Crippen molar-refractivity contribution in [3.63, 3.8) is 0 Å². The number of aliphatic carboxylic acids is 1. The summed E-state index contributed by atoms with van der Waals surface area (Å²) in [5.41, 5.74) is 3.82. The zero-order chi connectivity index (χ0) is 14.9. The van der Waals surface area contributed by atoms with Crippen LogP contribution in [0, 0.1) is 5.41 Å². The highest BCUT2D eigenvalue weighted by atomic mass is 16.5. The summed E-state index contributed by atoms with van der Waals surface area (Å²) in [6.45, 7) is 5.38. The Kier molecular flexibility index (Phi) is 7.48. The summed E-state index contributed by atoms with van der Waals surface area (Å²) in [4.78, 5) is 31.8. The minimum atomic E-state index is -1.27. The van der Waals surface area contributed by atoms with E-state index in [4.69, 9.17) is 10.8 Å². The quantitative estimate of drug-likeness (QED) is 0.454. The molecular weight excluding hydrogens is 250 g/mol. The predicted molar refractivity (Wildman–Crippen MR) is 69.2 cm³/mol. The number of carboxylic acids is 1. The van der Waals surface area contributed by atoms with Gasteiger partial charge in [-0.15, -0.1) is 0 Å². The number of hydrogen-bond acceptors (Lipinski definition) is 4. The van der Waals surface area contributed by atoms with E-state index in [2.05, 4.69) is 11.3 Å². The van der Waals surface area contributed by atoms with Gasteiger partial charge in [-0.3, -0.25) is 9.59 Å². The summed E-state index contributed by atoms with van der Waals surface area (Å²) < 4.78 is 4.43. The van der Waals surface area contributed by atoms with Gasteiger partial charge in [-0.05, 0) is 19.8 Å². The van der Waals surface area contributed by atoms with Crippen LogP contribution in [0.15, 0.2) is 12.7 Å². The summed E-state index contributed by atoms with van der Waals surface area (Å²) in [6, 6.07) is 0. The normalized spacial score (nSPS) is 16.5. The van der Waals surface area contributed by atoms with E-state index in [-0.39, 0.29) is 5.97 Å². The zero-order valence-electron chi connectivity index (χ0n) is 11.2. The summed E-state index contributed by atoms with van der Waals surface area (Å²) in [6.07, 6.45) is 4.52. The molecule has 1 rings (SSSR count). The van der Waals surface area contributed by atoms with Crippen LogP contribution >= 0.6 is 0 Å². The molecule has 6 heteroatoms. The summed E-state index contributed by atoms with van der Waals surface area (Å²) in [5.74, 6) is -2.10. The van der Waals surface area contributed by atoms with Gasteiger partial charge < -0.3 is 15.6 Å². The molecule has 0 bridgehead atoms. The van der Waals surface area contributed by atoms with Gasteiger partial charge in [0.1, 0.15) is 5.41 Å². The molecular formula is C13H21NO5. The molecule has 1 aliphatic rings. The average Bonchev–Trinajstić information content (AvgIpc) is 2.40. The van der Waals surface area contributed by atoms with Crippen molar-refractivity contribution in [2.45, 2.75) is 39.0 Å². The lowest BCUT2D eigenvalue weighted by Crippen LogP contribution is -2.45. The van der Waals surface area contributed by atoms with Crippen LogP contribution in [0.3, 0.4) is 0 Å². The summed E-state index contributed by atoms with van der Waals surface area (Å²) >= 11 is 0. The molecule has 0 aromatic carbocycles. The van der Waals surface area contributed by atoms with Crippen molar-refractivity contribution in [3.8, 4) is 0 Å². The van der Waals surface area contributed by atoms with Crippen molar-refractivity contribution in [1.82, 2.24) is 0 Å². The van der Waals surface area contributed by atoms with Gasteiger partial charge in [0, 0.05) is 6.08 Å². The van der Waals surface area contributed by atoms with Crippen molar-refractivity contribution in [3.05, 3.63) is 12.7 Å². The molecule has 0 radical (unpaired) electrons. The van der Waals surface area contributed by atoms with Gasteiger partial charge in [0.05, 0.1) is 6.61 Å². The van der Waals surface area contributed by atoms with Crippen LogP contribution < -0.4 is 5.73 Å². The van der Waals surface area contributed by atoms with Crippen LogP contribution in [-0.2, 0) is 19.1 Å². The Morgan fingerprint density at radius 1 is 1.32 bits per heavy atom. The van der Waals surface area contributed by atoms with E-state index in [0.717, 1.165) is 25.3 Å². The van der Waals surface area contributed by atoms with E-state index in [1.165, 1.54) is 0 Å². The first-order valence-electron chi connectivity index (χ1n) is 6.23. The highest BCUT2D eigenvalue weighted by Gasteiger charge is 2.45. The number of carboxylic acid groups (broad SMARTS) is 1. The predicted octanol–water partition coefficient (Wildman–Crippen LogP) is 1.24. The molecule has 6 nitrogen and oxygen atoms in total. The molecule has 0 aromatic heterocycles. The van der Waals surface area contributed by atoms with Crippen LogP contribution in [-0.4, -0.2) is 29.6 Å². The number of carbonyl (C=O) groups is 3. The Labute approximate surface area is 112 Å². The molecule has 0 aliphatic heterocycles. The van der Waals surface area contributed by atoms with Crippen LogP contribution in [0.5, 0.6) is 0 Å². The highest BCUT2D eigenvalue weighted by Crippen LogP contribution is 2.36. The third-order valence-corrected chi connectivity index (χ3v) is 3.04. The number of ether oxygens (including phenoxy) is 1. The van der Waals surface area contributed by atoms with Crippen LogP contribution in [0.1, 0.15) is 39.0 Å². The Hall–Kier alpha value is -1.85. The number of esters is 1. The maximum absolute atomic E-state index is 11.0. The second-order valence-electron chi connectivity index (χ2n) is 4.27. The van der Waals surface area contributed by atoms with Crippen LogP contribution in [0.2, 0.25) is 0 Å². The van der Waals surface area contributed by atoms with Gasteiger partial charge in [-0.1, -0.05) is 25.8 Å². The zero-order valence-corrected chi connectivity index (χ0v) is 11.2. The lowest BCUT2D eigenvalue weighted by atomic mass is 9.73. The number of carbonyl (C=O) groups excluding carboxylic acids is 2. The standard InChI is InChI=1S/C8H13NO3.C5H8O2/c9-6(10)8(7(11)12)4-2-1-3-5-8;1-3-5(6)7-4-2/h1-5H2,(H2,9,10)(H,11,12);3H,1,4H2,2H3. The number of hydrogen-bond donors (Lipinski definition) is 2. The SMILES string of the molecule is C=CC(=O)OCC.NC(=O)C1(C(=O)O)CCCCC1. The first-order chi connectivity index (χ1) is 8.90. The fourth-order valence-corrected chi connectivity index (χ4v) is 1.92. The van der Waals surface area contributed by atoms with Gasteiger partial charge in [0.15, 0.2) is 0 Å². The molecule has 0 aromatic rings. The maximum atomic E-state index is 11.0. The van der Waals surface area contributed by atoms with Crippen LogP contribution in [0.4, 0.5) is 0 Å². The highest BCUT2D eigenvalue weighted by molar-refractivity contribution is 6.01. The van der Waals surface area contributed by atoms with Crippen molar-refractivity contribution >= 4 is 17.8 Å². The lowest BCUT2D eigenvalue weighted by Gasteiger charge is -2.29. The third kappa shape index (κ3) is 5.11. The Balaban J connectivity index is 0.000000399. The minimum Gasteiger partial charge on any atom is -0.480 e. The third-order valence-electron chi connectivity index (χ3n) is 3.04. The molecule has 0 heterocycles. The monoisotopic (exact) mass is 271 g/mol. The smallest absolute Gasteiger partial charge is 0.330 e. The topological polar surface area (TPSA) is 107 Å². The van der Waals surface area contributed by atoms with E-state index < -0.39 is 17.3 Å². The van der Waals surface area contributed by atoms with E-state index >= 15 is 0 Å². The van der Waals surface area contributed by atoms with Crippen LogP contribution in [0.25, 0.3) is 0 Å². The molecule has 1 saturated carbocycles. The maximum Gasteiger partial charge on any atom is 0.330 e. The largest absolute Gasteiger partial charge is 0.480 e. The van der Waals surface area contributed by atoms with Crippen molar-refractivity contribution < 1.29 is 24.2 Å². The van der Waals surface area contributed by atoms with Gasteiger partial charge in [-0.2, -0.15) is 0 Å². The first kappa shape index (κ1) is 17.2. The van der Waals surface area contributed by atoms with Gasteiger partial charge in [-0.25, -0.2) is 4.79 Å². The van der Waals surface area contributed by atoms with Gasteiger partial charge in [0.2, 0.25) is 5.91 Å². The number of amides is 1. The van der Waals surface area contributed by atoms with Crippen molar-refractivity contribution in [2.75, 3.05) is 6.61 Å². The molecule has 108 valence electrons. The number of primary amides is 1. The van der Waals surface area contributed by atoms with E-state index in [1.807, 2.05) is 0 Å². The molecule has 1 fully saturated rings. The van der Waals surface area contributed by atoms with Gasteiger partial charge in [0.25, 0.3) is 0 Å². The summed E-state index contributed by atoms with van der Waals surface area (Å²) in [7, 11) is 0. The second kappa shape index (κ2) is 8.29. The Morgan fingerprint density at radius 3 is 2.05 bits per heavy atom. The number of rotatable bonds is 4. The van der Waals surface area contributed by atoms with E-state index in [0.29, 0.717) is 19.4 Å². The molecule has 3 N–H and O–H groups in total. The van der Waals surface area contributed by atoms with Crippen molar-refractivity contribution in [1.29, 1.82) is 0 Å². The molecule has 1 amide bonds. The van der Waals surface area contributed by atoms with E-state index in [9.17, 15) is 14.4 Å². The lowest BCUT2D eigenvalue weighted by molar-refractivity contribution is -0.157. The molecule has 0 spiro atoms. The number of nitrogens with two attached hydrogens (primary N) is 1. The minimum absolute atomic E-state index is 0.359. The molecule has 0 unspecified atom stereocenters. The second-order valence-corrected chi connectivity index (χ2v) is 4.27. The van der Waals surface area contributed by atoms with Gasteiger partial charge >= 0.3 is 11.9 Å². The fraction of sp³-hybridized carbons (Fsp3) is 0.615. The Morgan fingerprint density at radius 2 is 1.84 bits per heavy atom. The molecule has 0 saturated heterocycles. The molecule has 19 heavy (non-hydrogen) atoms. The summed E-state index contributed by atoms with van der Waals surface area (Å²) in [5, 5.41) is 8.86. The van der Waals surface area contributed by atoms with Crippen molar-refractivity contribution in [2.24, 2.45) is 11.1 Å². The average molecular weight is 271 g/mol. The fourth-order valence-electron chi connectivity index (χ4n) is 1.92. The molecule has 1 aliphatic carbocycles.